The zero-order chi connectivity index (χ0) is 24.8. The van der Waals surface area contributed by atoms with Crippen LogP contribution in [0.5, 0.6) is 0 Å². The summed E-state index contributed by atoms with van der Waals surface area (Å²) in [4.78, 5) is 0. The van der Waals surface area contributed by atoms with Crippen LogP contribution in [0.4, 0.5) is 17.6 Å². The summed E-state index contributed by atoms with van der Waals surface area (Å²) in [5.41, 5.74) is 4.54. The monoisotopic (exact) mass is 476 g/mol. The Morgan fingerprint density at radius 2 is 1.26 bits per heavy atom. The third-order valence-electron chi connectivity index (χ3n) is 6.39. The Balaban J connectivity index is 1.50. The predicted molar refractivity (Wildman–Crippen MR) is 137 cm³/mol. The van der Waals surface area contributed by atoms with Crippen molar-refractivity contribution in [2.75, 3.05) is 0 Å². The van der Waals surface area contributed by atoms with Crippen LogP contribution >= 0.6 is 0 Å². The van der Waals surface area contributed by atoms with E-state index in [9.17, 15) is 17.6 Å². The van der Waals surface area contributed by atoms with Crippen LogP contribution in [0.3, 0.4) is 0 Å². The van der Waals surface area contributed by atoms with Gasteiger partial charge in [-0.3, -0.25) is 0 Å². The smallest absolute Gasteiger partial charge is 0.206 e. The molecule has 4 rings (SSSR count). The highest BCUT2D eigenvalue weighted by molar-refractivity contribution is 5.90. The molecule has 0 radical (unpaired) electrons. The molecule has 4 aromatic rings. The molecule has 0 aliphatic carbocycles. The SMILES string of the molecule is CCCCCCCc1ccc(-c2ccc(-c3ccc4c(F)c(C=C(F)F)c(F)cc4c3)cc2)cc1. The summed E-state index contributed by atoms with van der Waals surface area (Å²) in [7, 11) is 0. The zero-order valence-electron chi connectivity index (χ0n) is 19.8. The fourth-order valence-electron chi connectivity index (χ4n) is 4.42. The number of halogens is 4. The third kappa shape index (κ3) is 6.00. The van der Waals surface area contributed by atoms with Crippen LogP contribution in [-0.4, -0.2) is 0 Å². The second-order valence-corrected chi connectivity index (χ2v) is 8.89. The van der Waals surface area contributed by atoms with Gasteiger partial charge in [-0.2, -0.15) is 8.78 Å². The summed E-state index contributed by atoms with van der Waals surface area (Å²) >= 11 is 0. The molecule has 4 heteroatoms. The van der Waals surface area contributed by atoms with E-state index < -0.39 is 23.3 Å². The normalized spacial score (nSPS) is 11.1. The summed E-state index contributed by atoms with van der Waals surface area (Å²) in [5, 5.41) is 0.424. The van der Waals surface area contributed by atoms with E-state index >= 15 is 0 Å². The molecule has 0 N–H and O–H groups in total. The molecule has 180 valence electrons. The molecule has 0 fully saturated rings. The lowest BCUT2D eigenvalue weighted by Gasteiger charge is -2.09. The second-order valence-electron chi connectivity index (χ2n) is 8.89. The van der Waals surface area contributed by atoms with E-state index in [-0.39, 0.29) is 11.5 Å². The van der Waals surface area contributed by atoms with Crippen molar-refractivity contribution >= 4 is 16.8 Å². The molecule has 35 heavy (non-hydrogen) atoms. The van der Waals surface area contributed by atoms with Gasteiger partial charge >= 0.3 is 0 Å². The van der Waals surface area contributed by atoms with Gasteiger partial charge in [-0.1, -0.05) is 93.3 Å². The van der Waals surface area contributed by atoms with Gasteiger partial charge in [-0.15, -0.1) is 0 Å². The Morgan fingerprint density at radius 3 is 1.89 bits per heavy atom. The molecule has 0 aromatic heterocycles. The molecule has 0 aliphatic heterocycles. The fourth-order valence-corrected chi connectivity index (χ4v) is 4.42. The zero-order valence-corrected chi connectivity index (χ0v) is 19.8. The van der Waals surface area contributed by atoms with Crippen LogP contribution in [0.15, 0.2) is 78.9 Å². The van der Waals surface area contributed by atoms with Gasteiger partial charge in [0.25, 0.3) is 6.08 Å². The number of benzene rings is 4. The van der Waals surface area contributed by atoms with Crippen LogP contribution in [-0.2, 0) is 6.42 Å². The van der Waals surface area contributed by atoms with E-state index in [0.717, 1.165) is 34.7 Å². The van der Waals surface area contributed by atoms with Crippen LogP contribution in [0.2, 0.25) is 0 Å². The maximum Gasteiger partial charge on any atom is 0.271 e. The number of hydrogen-bond donors (Lipinski definition) is 0. The number of aryl methyl sites for hydroxylation is 1. The standard InChI is InChI=1S/C31H28F4/c1-2-3-4-5-6-7-21-8-10-22(11-9-21)23-12-14-24(15-13-23)25-16-17-27-26(18-25)19-29(32)28(31(27)35)20-30(33)34/h8-20H,2-7H2,1H3. The summed E-state index contributed by atoms with van der Waals surface area (Å²) in [6, 6.07) is 22.6. The lowest BCUT2D eigenvalue weighted by Crippen LogP contribution is -1.92. The van der Waals surface area contributed by atoms with Crippen LogP contribution in [0, 0.1) is 11.6 Å². The van der Waals surface area contributed by atoms with Gasteiger partial charge in [0.1, 0.15) is 11.6 Å². The van der Waals surface area contributed by atoms with Gasteiger partial charge in [0, 0.05) is 11.5 Å². The van der Waals surface area contributed by atoms with E-state index in [1.807, 2.05) is 24.3 Å². The van der Waals surface area contributed by atoms with Gasteiger partial charge in [0.2, 0.25) is 0 Å². The molecule has 0 aliphatic rings. The maximum atomic E-state index is 14.6. The summed E-state index contributed by atoms with van der Waals surface area (Å²) < 4.78 is 53.9. The van der Waals surface area contributed by atoms with Gasteiger partial charge in [0.15, 0.2) is 0 Å². The highest BCUT2D eigenvalue weighted by Crippen LogP contribution is 2.31. The number of hydrogen-bond acceptors (Lipinski definition) is 0. The number of unbranched alkanes of at least 4 members (excludes halogenated alkanes) is 4. The van der Waals surface area contributed by atoms with Crippen molar-refractivity contribution in [1.29, 1.82) is 0 Å². The van der Waals surface area contributed by atoms with E-state index in [1.54, 1.807) is 12.1 Å². The molecule has 0 spiro atoms. The first-order chi connectivity index (χ1) is 17.0. The Morgan fingerprint density at radius 1 is 0.686 bits per heavy atom. The summed E-state index contributed by atoms with van der Waals surface area (Å²) in [6.07, 6.45) is 5.55. The first-order valence-corrected chi connectivity index (χ1v) is 12.1. The Bertz CT molecular complexity index is 1320. The van der Waals surface area contributed by atoms with Gasteiger partial charge in [-0.25, -0.2) is 8.78 Å². The minimum Gasteiger partial charge on any atom is -0.206 e. The molecule has 4 aromatic carbocycles. The van der Waals surface area contributed by atoms with Crippen LogP contribution < -0.4 is 0 Å². The van der Waals surface area contributed by atoms with Gasteiger partial charge in [-0.05, 0) is 58.2 Å². The van der Waals surface area contributed by atoms with Gasteiger partial charge in [0.05, 0.1) is 5.56 Å². The maximum absolute atomic E-state index is 14.6. The minimum atomic E-state index is -2.14. The van der Waals surface area contributed by atoms with E-state index in [4.69, 9.17) is 0 Å². The molecule has 0 unspecified atom stereocenters. The lowest BCUT2D eigenvalue weighted by atomic mass is 9.96. The average molecular weight is 477 g/mol. The third-order valence-corrected chi connectivity index (χ3v) is 6.39. The van der Waals surface area contributed by atoms with Crippen LogP contribution in [0.1, 0.15) is 50.2 Å². The average Bonchev–Trinajstić information content (AvgIpc) is 2.86. The van der Waals surface area contributed by atoms with Crippen molar-refractivity contribution in [3.05, 3.63) is 102 Å². The number of fused-ring (bicyclic) bond motifs is 1. The number of rotatable bonds is 9. The van der Waals surface area contributed by atoms with Crippen molar-refractivity contribution in [2.45, 2.75) is 45.4 Å². The molecule has 0 atom stereocenters. The molecule has 0 bridgehead atoms. The largest absolute Gasteiger partial charge is 0.271 e. The van der Waals surface area contributed by atoms with Crippen molar-refractivity contribution in [2.24, 2.45) is 0 Å². The van der Waals surface area contributed by atoms with E-state index in [2.05, 4.69) is 31.2 Å². The minimum absolute atomic E-state index is 0.102. The Hall–Kier alpha value is -3.40. The first kappa shape index (κ1) is 24.7. The van der Waals surface area contributed by atoms with Crippen LogP contribution in [0.25, 0.3) is 39.1 Å². The summed E-state index contributed by atoms with van der Waals surface area (Å²) in [5.74, 6) is -2.00. The van der Waals surface area contributed by atoms with Crippen molar-refractivity contribution in [3.8, 4) is 22.3 Å². The molecule has 0 heterocycles. The molecule has 0 saturated heterocycles. The Labute approximate surface area is 203 Å². The topological polar surface area (TPSA) is 0 Å². The second kappa shape index (κ2) is 11.4. The molecule has 0 nitrogen and oxygen atoms in total. The van der Waals surface area contributed by atoms with Crippen molar-refractivity contribution < 1.29 is 17.6 Å². The van der Waals surface area contributed by atoms with Gasteiger partial charge < -0.3 is 0 Å². The summed E-state index contributed by atoms with van der Waals surface area (Å²) in [6.45, 7) is 2.23. The quantitative estimate of drug-likeness (QED) is 0.166. The Kier molecular flexibility index (Phi) is 8.02. The molecular weight excluding hydrogens is 448 g/mol. The van der Waals surface area contributed by atoms with E-state index in [1.165, 1.54) is 43.7 Å². The molecular formula is C31H28F4. The highest BCUT2D eigenvalue weighted by Gasteiger charge is 2.14. The lowest BCUT2D eigenvalue weighted by molar-refractivity contribution is 0.428. The predicted octanol–water partition coefficient (Wildman–Crippen LogP) is 10.2. The fraction of sp³-hybridized carbons (Fsp3) is 0.226. The first-order valence-electron chi connectivity index (χ1n) is 12.1. The van der Waals surface area contributed by atoms with Crippen molar-refractivity contribution in [3.63, 3.8) is 0 Å². The van der Waals surface area contributed by atoms with Crippen molar-refractivity contribution in [1.82, 2.24) is 0 Å². The van der Waals surface area contributed by atoms with E-state index in [0.29, 0.717) is 5.39 Å². The molecule has 0 amide bonds. The molecule has 0 saturated carbocycles. The highest BCUT2D eigenvalue weighted by atomic mass is 19.3.